The molecule has 0 aromatic heterocycles. The van der Waals surface area contributed by atoms with E-state index in [1.807, 2.05) is 11.8 Å². The smallest absolute Gasteiger partial charge is 0.0657 e. The minimum atomic E-state index is 0.317. The molecule has 0 aliphatic carbocycles. The van der Waals surface area contributed by atoms with Crippen LogP contribution in [0.1, 0.15) is 37.3 Å². The summed E-state index contributed by atoms with van der Waals surface area (Å²) in [6, 6.07) is 10.9. The third-order valence-electron chi connectivity index (χ3n) is 3.20. The summed E-state index contributed by atoms with van der Waals surface area (Å²) in [6.07, 6.45) is 7.45. The molecule has 0 radical (unpaired) electrons. The van der Waals surface area contributed by atoms with Crippen molar-refractivity contribution in [1.29, 1.82) is 0 Å². The first-order valence-electron chi connectivity index (χ1n) is 7.14. The molecule has 3 heteroatoms. The van der Waals surface area contributed by atoms with Crippen LogP contribution in [0, 0.1) is 0 Å². The van der Waals surface area contributed by atoms with Crippen LogP contribution in [-0.4, -0.2) is 32.3 Å². The molecule has 2 nitrogen and oxygen atoms in total. The molecule has 1 atom stereocenters. The molecule has 19 heavy (non-hydrogen) atoms. The SMILES string of the molecule is COCC(NCCCCCCSC)c1ccccc1. The standard InChI is InChI=1S/C16H27NOS/c1-18-14-16(15-10-6-5-7-11-15)17-12-8-3-4-9-13-19-2/h5-7,10-11,16-17H,3-4,8-9,12-14H2,1-2H3. The number of rotatable bonds is 11. The molecule has 0 spiro atoms. The number of benzene rings is 1. The molecule has 1 aromatic rings. The molecule has 1 N–H and O–H groups in total. The van der Waals surface area contributed by atoms with E-state index in [2.05, 4.69) is 41.9 Å². The first kappa shape index (κ1) is 16.5. The Hall–Kier alpha value is -0.510. The van der Waals surface area contributed by atoms with Gasteiger partial charge in [0.05, 0.1) is 12.6 Å². The second kappa shape index (κ2) is 11.3. The lowest BCUT2D eigenvalue weighted by atomic mass is 10.1. The molecule has 0 aliphatic rings. The van der Waals surface area contributed by atoms with Crippen molar-refractivity contribution in [3.05, 3.63) is 35.9 Å². The van der Waals surface area contributed by atoms with Gasteiger partial charge >= 0.3 is 0 Å². The molecule has 0 amide bonds. The van der Waals surface area contributed by atoms with Crippen molar-refractivity contribution in [3.63, 3.8) is 0 Å². The van der Waals surface area contributed by atoms with E-state index in [4.69, 9.17) is 4.74 Å². The molecule has 0 fully saturated rings. The first-order chi connectivity index (χ1) is 9.38. The van der Waals surface area contributed by atoms with Crippen LogP contribution in [0.2, 0.25) is 0 Å². The maximum atomic E-state index is 5.30. The molecule has 108 valence electrons. The fraction of sp³-hybridized carbons (Fsp3) is 0.625. The third-order valence-corrected chi connectivity index (χ3v) is 3.90. The summed E-state index contributed by atoms with van der Waals surface area (Å²) in [5.74, 6) is 1.30. The van der Waals surface area contributed by atoms with Crippen molar-refractivity contribution < 1.29 is 4.74 Å². The van der Waals surface area contributed by atoms with E-state index in [-0.39, 0.29) is 0 Å². The highest BCUT2D eigenvalue weighted by atomic mass is 32.2. The van der Waals surface area contributed by atoms with Crippen molar-refractivity contribution in [2.45, 2.75) is 31.7 Å². The Morgan fingerprint density at radius 2 is 1.84 bits per heavy atom. The van der Waals surface area contributed by atoms with Gasteiger partial charge in [-0.3, -0.25) is 0 Å². The average Bonchev–Trinajstić information content (AvgIpc) is 2.46. The quantitative estimate of drug-likeness (QED) is 0.622. The van der Waals surface area contributed by atoms with Gasteiger partial charge in [0.1, 0.15) is 0 Å². The fourth-order valence-electron chi connectivity index (χ4n) is 2.13. The lowest BCUT2D eigenvalue weighted by molar-refractivity contribution is 0.166. The van der Waals surface area contributed by atoms with Gasteiger partial charge < -0.3 is 10.1 Å². The summed E-state index contributed by atoms with van der Waals surface area (Å²) in [5.41, 5.74) is 1.31. The minimum absolute atomic E-state index is 0.317. The molecule has 1 unspecified atom stereocenters. The highest BCUT2D eigenvalue weighted by Crippen LogP contribution is 2.13. The number of hydrogen-bond donors (Lipinski definition) is 1. The fourth-order valence-corrected chi connectivity index (χ4v) is 2.62. The summed E-state index contributed by atoms with van der Waals surface area (Å²) >= 11 is 1.94. The van der Waals surface area contributed by atoms with Gasteiger partial charge in [-0.1, -0.05) is 43.2 Å². The maximum Gasteiger partial charge on any atom is 0.0657 e. The van der Waals surface area contributed by atoms with Crippen LogP contribution in [0.15, 0.2) is 30.3 Å². The normalized spacial score (nSPS) is 12.5. The van der Waals surface area contributed by atoms with Gasteiger partial charge in [0, 0.05) is 7.11 Å². The molecule has 0 saturated heterocycles. The number of nitrogens with one attached hydrogen (secondary N) is 1. The van der Waals surface area contributed by atoms with Crippen LogP contribution in [-0.2, 0) is 4.74 Å². The monoisotopic (exact) mass is 281 g/mol. The lowest BCUT2D eigenvalue weighted by Crippen LogP contribution is -2.26. The summed E-state index contributed by atoms with van der Waals surface area (Å²) in [7, 11) is 1.76. The van der Waals surface area contributed by atoms with Gasteiger partial charge in [-0.15, -0.1) is 0 Å². The van der Waals surface area contributed by atoms with Gasteiger partial charge in [0.2, 0.25) is 0 Å². The van der Waals surface area contributed by atoms with Crippen molar-refractivity contribution in [2.75, 3.05) is 32.3 Å². The zero-order chi connectivity index (χ0) is 13.8. The number of hydrogen-bond acceptors (Lipinski definition) is 3. The summed E-state index contributed by atoms with van der Waals surface area (Å²) in [5, 5.41) is 3.60. The Bertz CT molecular complexity index is 305. The van der Waals surface area contributed by atoms with Crippen LogP contribution in [0.4, 0.5) is 0 Å². The van der Waals surface area contributed by atoms with Crippen LogP contribution in [0.3, 0.4) is 0 Å². The molecule has 1 rings (SSSR count). The van der Waals surface area contributed by atoms with Crippen LogP contribution in [0.5, 0.6) is 0 Å². The van der Waals surface area contributed by atoms with Gasteiger partial charge in [-0.25, -0.2) is 0 Å². The minimum Gasteiger partial charge on any atom is -0.383 e. The third kappa shape index (κ3) is 7.61. The van der Waals surface area contributed by atoms with Crippen LogP contribution in [0.25, 0.3) is 0 Å². The van der Waals surface area contributed by atoms with Gasteiger partial charge in [-0.2, -0.15) is 11.8 Å². The predicted molar refractivity (Wildman–Crippen MR) is 85.9 cm³/mol. The second-order valence-corrected chi connectivity index (χ2v) is 5.77. The van der Waals surface area contributed by atoms with Gasteiger partial charge in [0.25, 0.3) is 0 Å². The summed E-state index contributed by atoms with van der Waals surface area (Å²) < 4.78 is 5.30. The van der Waals surface area contributed by atoms with E-state index in [0.29, 0.717) is 6.04 Å². The summed E-state index contributed by atoms with van der Waals surface area (Å²) in [4.78, 5) is 0. The Balaban J connectivity index is 2.20. The number of unbranched alkanes of at least 4 members (excludes halogenated alkanes) is 3. The van der Waals surface area contributed by atoms with Crippen molar-refractivity contribution in [2.24, 2.45) is 0 Å². The molecule has 1 aromatic carbocycles. The highest BCUT2D eigenvalue weighted by Gasteiger charge is 2.09. The van der Waals surface area contributed by atoms with E-state index < -0.39 is 0 Å². The molecule has 0 aliphatic heterocycles. The molecule has 0 bridgehead atoms. The second-order valence-electron chi connectivity index (χ2n) is 4.78. The number of thioether (sulfide) groups is 1. The number of ether oxygens (including phenoxy) is 1. The van der Waals surface area contributed by atoms with E-state index >= 15 is 0 Å². The van der Waals surface area contributed by atoms with Crippen molar-refractivity contribution in [3.8, 4) is 0 Å². The number of methoxy groups -OCH3 is 1. The largest absolute Gasteiger partial charge is 0.383 e. The topological polar surface area (TPSA) is 21.3 Å². The van der Waals surface area contributed by atoms with Crippen LogP contribution >= 0.6 is 11.8 Å². The molecule has 0 heterocycles. The van der Waals surface area contributed by atoms with Crippen LogP contribution < -0.4 is 5.32 Å². The predicted octanol–water partition coefficient (Wildman–Crippen LogP) is 3.89. The van der Waals surface area contributed by atoms with E-state index in [0.717, 1.165) is 13.2 Å². The Kier molecular flexibility index (Phi) is 9.86. The van der Waals surface area contributed by atoms with Gasteiger partial charge in [-0.05, 0) is 37.0 Å². The highest BCUT2D eigenvalue weighted by molar-refractivity contribution is 7.98. The van der Waals surface area contributed by atoms with E-state index in [1.54, 1.807) is 7.11 Å². The lowest BCUT2D eigenvalue weighted by Gasteiger charge is -2.18. The maximum absolute atomic E-state index is 5.30. The first-order valence-corrected chi connectivity index (χ1v) is 8.54. The van der Waals surface area contributed by atoms with Gasteiger partial charge in [0.15, 0.2) is 0 Å². The molecule has 0 saturated carbocycles. The average molecular weight is 281 g/mol. The van der Waals surface area contributed by atoms with E-state index in [1.165, 1.54) is 37.0 Å². The Morgan fingerprint density at radius 1 is 1.11 bits per heavy atom. The van der Waals surface area contributed by atoms with E-state index in [9.17, 15) is 0 Å². The van der Waals surface area contributed by atoms with Crippen molar-refractivity contribution >= 4 is 11.8 Å². The molecular weight excluding hydrogens is 254 g/mol. The summed E-state index contributed by atoms with van der Waals surface area (Å²) in [6.45, 7) is 1.80. The Morgan fingerprint density at radius 3 is 2.53 bits per heavy atom. The Labute approximate surface area is 122 Å². The zero-order valence-electron chi connectivity index (χ0n) is 12.2. The van der Waals surface area contributed by atoms with Crippen molar-refractivity contribution in [1.82, 2.24) is 5.32 Å². The molecular formula is C16H27NOS. The zero-order valence-corrected chi connectivity index (χ0v) is 13.0.